The number of hydrogen-bond acceptors (Lipinski definition) is 4. The lowest BCUT2D eigenvalue weighted by Crippen LogP contribution is -2.53. The van der Waals surface area contributed by atoms with Gasteiger partial charge in [0.05, 0.1) is 0 Å². The van der Waals surface area contributed by atoms with E-state index in [1.165, 1.54) is 0 Å². The van der Waals surface area contributed by atoms with Gasteiger partial charge < -0.3 is 24.8 Å². The number of carbonyl (C=O) groups excluding carboxylic acids is 2. The van der Waals surface area contributed by atoms with Gasteiger partial charge in [0.1, 0.15) is 12.6 Å². The largest absolute Gasteiger partial charge is 0.449 e. The number of aromatic nitrogens is 1. The third-order valence-corrected chi connectivity index (χ3v) is 9.44. The summed E-state index contributed by atoms with van der Waals surface area (Å²) in [5.74, 6) is -0.0367. The van der Waals surface area contributed by atoms with Gasteiger partial charge in [-0.2, -0.15) is 0 Å². The summed E-state index contributed by atoms with van der Waals surface area (Å²) in [6.45, 7) is 1.53. The van der Waals surface area contributed by atoms with Gasteiger partial charge in [-0.1, -0.05) is 84.4 Å². The van der Waals surface area contributed by atoms with Crippen LogP contribution in [0.5, 0.6) is 0 Å². The molecule has 0 unspecified atom stereocenters. The highest BCUT2D eigenvalue weighted by Gasteiger charge is 2.35. The first-order valence-corrected chi connectivity index (χ1v) is 16.1. The van der Waals surface area contributed by atoms with E-state index in [1.807, 2.05) is 91.9 Å². The average molecular weight is 633 g/mol. The van der Waals surface area contributed by atoms with Crippen LogP contribution in [0.2, 0.25) is 5.02 Å². The SMILES string of the molecule is CN(C)C[C@@H]1Cc2ccc(Cl)cc2N(C(=O)[C@@H](Cc2c[nH]c3ccccc23)NC(=O)OCC2c3ccccc3-c3ccccc32)C1. The number of nitrogens with zero attached hydrogens (tertiary/aromatic N) is 2. The van der Waals surface area contributed by atoms with Gasteiger partial charge in [-0.05, 0) is 78.0 Å². The molecule has 4 aromatic carbocycles. The molecule has 0 radical (unpaired) electrons. The summed E-state index contributed by atoms with van der Waals surface area (Å²) < 4.78 is 5.92. The number of hydrogen-bond donors (Lipinski definition) is 2. The van der Waals surface area contributed by atoms with E-state index >= 15 is 0 Å². The minimum absolute atomic E-state index is 0.0798. The Morgan fingerprint density at radius 2 is 1.67 bits per heavy atom. The van der Waals surface area contributed by atoms with Gasteiger partial charge in [0.2, 0.25) is 5.91 Å². The van der Waals surface area contributed by atoms with Crippen molar-refractivity contribution in [1.29, 1.82) is 0 Å². The van der Waals surface area contributed by atoms with Crippen LogP contribution in [0.1, 0.15) is 28.2 Å². The number of alkyl carbamates (subject to hydrolysis) is 1. The number of carbonyl (C=O) groups is 2. The fourth-order valence-corrected chi connectivity index (χ4v) is 7.40. The molecular formula is C38H37ClN4O3. The number of halogens is 1. The molecule has 0 saturated heterocycles. The van der Waals surface area contributed by atoms with Gasteiger partial charge in [0.15, 0.2) is 0 Å². The topological polar surface area (TPSA) is 77.7 Å². The van der Waals surface area contributed by atoms with E-state index in [0.29, 0.717) is 18.0 Å². The molecule has 7 nitrogen and oxygen atoms in total. The molecule has 234 valence electrons. The molecule has 0 bridgehead atoms. The zero-order chi connectivity index (χ0) is 31.8. The van der Waals surface area contributed by atoms with Crippen molar-refractivity contribution in [2.45, 2.75) is 24.8 Å². The molecule has 2 heterocycles. The van der Waals surface area contributed by atoms with E-state index in [-0.39, 0.29) is 24.3 Å². The normalized spacial score (nSPS) is 16.2. The quantitative estimate of drug-likeness (QED) is 0.192. The number of ether oxygens (including phenoxy) is 1. The smallest absolute Gasteiger partial charge is 0.407 e. The summed E-state index contributed by atoms with van der Waals surface area (Å²) in [5, 5.41) is 4.57. The van der Waals surface area contributed by atoms with Crippen molar-refractivity contribution >= 4 is 40.2 Å². The van der Waals surface area contributed by atoms with Crippen LogP contribution in [0.4, 0.5) is 10.5 Å². The van der Waals surface area contributed by atoms with Gasteiger partial charge in [0.25, 0.3) is 0 Å². The highest BCUT2D eigenvalue weighted by atomic mass is 35.5. The van der Waals surface area contributed by atoms with E-state index in [4.69, 9.17) is 16.3 Å². The summed E-state index contributed by atoms with van der Waals surface area (Å²) >= 11 is 6.45. The monoisotopic (exact) mass is 632 g/mol. The Balaban J connectivity index is 1.16. The van der Waals surface area contributed by atoms with Crippen molar-refractivity contribution in [2.24, 2.45) is 5.92 Å². The standard InChI is InChI=1S/C38H37ClN4O3/c1-42(2)21-24-17-25-15-16-27(39)19-36(25)43(22-24)37(44)35(18-26-20-40-34-14-8-7-9-28(26)34)41-38(45)46-23-33-31-12-5-3-10-29(31)30-11-4-6-13-32(30)33/h3-16,19-20,24,33,35,40H,17-18,21-23H2,1-2H3,(H,41,45)/t24-,35+/m0/s1. The summed E-state index contributed by atoms with van der Waals surface area (Å²) in [7, 11) is 4.09. The van der Waals surface area contributed by atoms with Crippen molar-refractivity contribution in [2.75, 3.05) is 38.7 Å². The summed E-state index contributed by atoms with van der Waals surface area (Å²) in [6, 6.07) is 29.3. The van der Waals surface area contributed by atoms with Crippen LogP contribution < -0.4 is 10.2 Å². The number of benzene rings is 4. The molecule has 0 saturated carbocycles. The number of amides is 2. The maximum absolute atomic E-state index is 14.6. The lowest BCUT2D eigenvalue weighted by molar-refractivity contribution is -0.120. The number of para-hydroxylation sites is 1. The Hall–Kier alpha value is -4.59. The molecule has 7 rings (SSSR count). The van der Waals surface area contributed by atoms with Crippen LogP contribution in [-0.4, -0.2) is 61.7 Å². The van der Waals surface area contributed by atoms with E-state index in [1.54, 1.807) is 0 Å². The van der Waals surface area contributed by atoms with Crippen LogP contribution in [0, 0.1) is 5.92 Å². The van der Waals surface area contributed by atoms with E-state index in [9.17, 15) is 9.59 Å². The van der Waals surface area contributed by atoms with Gasteiger partial charge in [-0.3, -0.25) is 4.79 Å². The maximum atomic E-state index is 14.6. The molecule has 2 atom stereocenters. The van der Waals surface area contributed by atoms with Gasteiger partial charge in [-0.25, -0.2) is 4.79 Å². The Morgan fingerprint density at radius 1 is 0.978 bits per heavy atom. The summed E-state index contributed by atoms with van der Waals surface area (Å²) in [6.07, 6.45) is 2.45. The fourth-order valence-electron chi connectivity index (χ4n) is 7.23. The zero-order valence-electron chi connectivity index (χ0n) is 26.0. The second-order valence-corrected chi connectivity index (χ2v) is 13.1. The molecule has 0 spiro atoms. The predicted octanol–water partition coefficient (Wildman–Crippen LogP) is 7.04. The first-order chi connectivity index (χ1) is 22.4. The lowest BCUT2D eigenvalue weighted by atomic mass is 9.91. The number of H-pyrrole nitrogens is 1. The maximum Gasteiger partial charge on any atom is 0.407 e. The molecule has 0 fully saturated rings. The molecule has 1 aromatic heterocycles. The zero-order valence-corrected chi connectivity index (χ0v) is 26.8. The van der Waals surface area contributed by atoms with Crippen LogP contribution in [0.3, 0.4) is 0 Å². The van der Waals surface area contributed by atoms with E-state index < -0.39 is 12.1 Å². The van der Waals surface area contributed by atoms with Crippen molar-refractivity contribution in [3.05, 3.63) is 124 Å². The fraction of sp³-hybridized carbons (Fsp3) is 0.263. The molecule has 2 N–H and O–H groups in total. The van der Waals surface area contributed by atoms with Crippen LogP contribution in [-0.2, 0) is 22.4 Å². The first-order valence-electron chi connectivity index (χ1n) is 15.8. The van der Waals surface area contributed by atoms with Crippen molar-refractivity contribution in [1.82, 2.24) is 15.2 Å². The van der Waals surface area contributed by atoms with Gasteiger partial charge >= 0.3 is 6.09 Å². The molecule has 2 amide bonds. The highest BCUT2D eigenvalue weighted by Crippen LogP contribution is 2.44. The van der Waals surface area contributed by atoms with Crippen molar-refractivity contribution < 1.29 is 14.3 Å². The minimum atomic E-state index is -0.861. The van der Waals surface area contributed by atoms with Gasteiger partial charge in [0, 0.05) is 53.2 Å². The Bertz CT molecular complexity index is 1870. The van der Waals surface area contributed by atoms with Crippen LogP contribution in [0.25, 0.3) is 22.0 Å². The highest BCUT2D eigenvalue weighted by molar-refractivity contribution is 6.31. The number of anilines is 1. The lowest BCUT2D eigenvalue weighted by Gasteiger charge is -2.37. The molecule has 1 aliphatic carbocycles. The number of nitrogens with one attached hydrogen (secondary N) is 2. The van der Waals surface area contributed by atoms with Crippen molar-refractivity contribution in [3.63, 3.8) is 0 Å². The molecule has 2 aliphatic rings. The molecule has 8 heteroatoms. The Kier molecular flexibility index (Phi) is 8.28. The summed E-state index contributed by atoms with van der Waals surface area (Å²) in [4.78, 5) is 35.4. The average Bonchev–Trinajstić information content (AvgIpc) is 3.61. The molecule has 46 heavy (non-hydrogen) atoms. The number of fused-ring (bicyclic) bond motifs is 5. The minimum Gasteiger partial charge on any atom is -0.449 e. The van der Waals surface area contributed by atoms with Crippen LogP contribution in [0.15, 0.2) is 97.2 Å². The third-order valence-electron chi connectivity index (χ3n) is 9.21. The number of rotatable bonds is 8. The Morgan fingerprint density at radius 3 is 2.41 bits per heavy atom. The predicted molar refractivity (Wildman–Crippen MR) is 184 cm³/mol. The molecular weight excluding hydrogens is 596 g/mol. The summed E-state index contributed by atoms with van der Waals surface area (Å²) in [5.41, 5.74) is 8.39. The third kappa shape index (κ3) is 5.88. The van der Waals surface area contributed by atoms with Crippen molar-refractivity contribution in [3.8, 4) is 11.1 Å². The van der Waals surface area contributed by atoms with E-state index in [2.05, 4.69) is 39.5 Å². The van der Waals surface area contributed by atoms with Gasteiger partial charge in [-0.15, -0.1) is 0 Å². The molecule has 1 aliphatic heterocycles. The Labute approximate surface area is 274 Å². The molecule has 5 aromatic rings. The van der Waals surface area contributed by atoms with Crippen LogP contribution >= 0.6 is 11.6 Å². The second kappa shape index (κ2) is 12.7. The van der Waals surface area contributed by atoms with E-state index in [0.717, 1.165) is 62.9 Å². The number of aromatic amines is 1. The first kappa shape index (κ1) is 30.1. The second-order valence-electron chi connectivity index (χ2n) is 12.6.